The lowest BCUT2D eigenvalue weighted by Gasteiger charge is -2.48. The SMILES string of the molecule is CCCC/C=C/CC/C=C/C(O)C(COC1OC(CO)C(OC2OC(CO)C(OC3OC(CO)C(O)C(O)C3O)C(O)C2O)C(O)C1O)NC(=O)CCCCCCCCCCCCCC. The van der Waals surface area contributed by atoms with Crippen LogP contribution in [-0.4, -0.2) is 193 Å². The highest BCUT2D eigenvalue weighted by Gasteiger charge is 2.53. The van der Waals surface area contributed by atoms with Crippen molar-refractivity contribution in [3.8, 4) is 0 Å². The van der Waals surface area contributed by atoms with Gasteiger partial charge in [-0.25, -0.2) is 0 Å². The average molecular weight is 938 g/mol. The Labute approximate surface area is 384 Å². The van der Waals surface area contributed by atoms with Gasteiger partial charge in [0.15, 0.2) is 18.9 Å². The van der Waals surface area contributed by atoms with Gasteiger partial charge in [0.1, 0.15) is 73.2 Å². The number of aliphatic hydroxyl groups excluding tert-OH is 11. The highest BCUT2D eigenvalue weighted by Crippen LogP contribution is 2.33. The van der Waals surface area contributed by atoms with E-state index in [9.17, 15) is 61.0 Å². The van der Waals surface area contributed by atoms with Crippen molar-refractivity contribution >= 4 is 5.91 Å². The average Bonchev–Trinajstić information content (AvgIpc) is 3.30. The summed E-state index contributed by atoms with van der Waals surface area (Å²) in [5.41, 5.74) is 0. The molecule has 380 valence electrons. The van der Waals surface area contributed by atoms with Gasteiger partial charge >= 0.3 is 0 Å². The van der Waals surface area contributed by atoms with E-state index in [4.69, 9.17) is 28.4 Å². The molecule has 1 amide bonds. The number of nitrogens with one attached hydrogen (secondary N) is 1. The van der Waals surface area contributed by atoms with Gasteiger partial charge in [-0.2, -0.15) is 0 Å². The minimum atomic E-state index is -1.98. The molecule has 0 aromatic carbocycles. The number of hydrogen-bond donors (Lipinski definition) is 12. The molecule has 0 aromatic heterocycles. The number of aliphatic hydroxyl groups is 11. The third-order valence-corrected chi connectivity index (χ3v) is 12.3. The summed E-state index contributed by atoms with van der Waals surface area (Å²) in [7, 11) is 0. The zero-order valence-corrected chi connectivity index (χ0v) is 38.5. The molecule has 0 aromatic rings. The molecular weight excluding hydrogens is 854 g/mol. The van der Waals surface area contributed by atoms with Crippen molar-refractivity contribution in [2.24, 2.45) is 0 Å². The number of unbranched alkanes of at least 4 members (excludes halogenated alkanes) is 14. The molecule has 3 aliphatic rings. The second-order valence-corrected chi connectivity index (χ2v) is 17.6. The molecule has 19 nitrogen and oxygen atoms in total. The number of hydrogen-bond acceptors (Lipinski definition) is 18. The number of amides is 1. The van der Waals surface area contributed by atoms with E-state index in [0.717, 1.165) is 44.9 Å². The van der Waals surface area contributed by atoms with Crippen molar-refractivity contribution in [1.82, 2.24) is 5.32 Å². The van der Waals surface area contributed by atoms with Gasteiger partial charge in [-0.1, -0.05) is 122 Å². The van der Waals surface area contributed by atoms with Crippen LogP contribution in [0.2, 0.25) is 0 Å². The molecule has 17 atom stereocenters. The third-order valence-electron chi connectivity index (χ3n) is 12.3. The normalized spacial score (nSPS) is 34.3. The second kappa shape index (κ2) is 32.2. The first kappa shape index (κ1) is 57.6. The van der Waals surface area contributed by atoms with Gasteiger partial charge < -0.3 is 89.9 Å². The van der Waals surface area contributed by atoms with Gasteiger partial charge in [0.2, 0.25) is 5.91 Å². The van der Waals surface area contributed by atoms with E-state index in [1.165, 1.54) is 51.4 Å². The molecule has 3 rings (SSSR count). The minimum absolute atomic E-state index is 0.237. The fourth-order valence-corrected chi connectivity index (χ4v) is 8.13. The third kappa shape index (κ3) is 18.9. The Morgan fingerprint density at radius 1 is 0.538 bits per heavy atom. The minimum Gasteiger partial charge on any atom is -0.394 e. The molecule has 17 unspecified atom stereocenters. The summed E-state index contributed by atoms with van der Waals surface area (Å²) in [5, 5.41) is 119. The molecule has 65 heavy (non-hydrogen) atoms. The molecule has 3 fully saturated rings. The number of carbonyl (C=O) groups is 1. The van der Waals surface area contributed by atoms with Crippen LogP contribution in [0.4, 0.5) is 0 Å². The Morgan fingerprint density at radius 3 is 1.52 bits per heavy atom. The maximum atomic E-state index is 13.1. The van der Waals surface area contributed by atoms with E-state index in [0.29, 0.717) is 12.8 Å². The van der Waals surface area contributed by atoms with E-state index in [1.54, 1.807) is 6.08 Å². The fraction of sp³-hybridized carbons (Fsp3) is 0.891. The van der Waals surface area contributed by atoms with Crippen LogP contribution in [0.3, 0.4) is 0 Å². The van der Waals surface area contributed by atoms with E-state index < -0.39 is 124 Å². The Balaban J connectivity index is 1.58. The maximum absolute atomic E-state index is 13.1. The van der Waals surface area contributed by atoms with Crippen LogP contribution in [0.25, 0.3) is 0 Å². The van der Waals surface area contributed by atoms with Gasteiger partial charge in [-0.15, -0.1) is 0 Å². The molecule has 3 heterocycles. The van der Waals surface area contributed by atoms with Crippen LogP contribution in [0.1, 0.15) is 129 Å². The second-order valence-electron chi connectivity index (χ2n) is 17.6. The summed E-state index contributed by atoms with van der Waals surface area (Å²) < 4.78 is 34.0. The zero-order valence-electron chi connectivity index (χ0n) is 38.5. The van der Waals surface area contributed by atoms with Crippen molar-refractivity contribution in [2.45, 2.75) is 234 Å². The molecule has 0 saturated carbocycles. The largest absolute Gasteiger partial charge is 0.394 e. The Morgan fingerprint density at radius 2 is 0.985 bits per heavy atom. The number of ether oxygens (including phenoxy) is 6. The summed E-state index contributed by atoms with van der Waals surface area (Å²) in [6.45, 7) is 1.56. The standard InChI is InChI=1S/C46H83NO18/c1-3-5-7-9-11-13-14-15-16-18-20-22-24-34(52)47-29(30(51)23-21-19-17-12-10-8-6-4-2)28-60-44-40(58)37(55)42(32(26-49)62-44)65-46-41(59)38(56)43(33(27-50)63-46)64-45-39(57)36(54)35(53)31(25-48)61-45/h10,12,21,23,29-33,35-46,48-51,53-59H,3-9,11,13-20,22,24-28H2,1-2H3,(H,47,52)/b12-10+,23-21+. The highest BCUT2D eigenvalue weighted by molar-refractivity contribution is 5.76. The van der Waals surface area contributed by atoms with E-state index in [2.05, 4.69) is 31.3 Å². The summed E-state index contributed by atoms with van der Waals surface area (Å²) in [5.74, 6) is -0.293. The molecule has 3 saturated heterocycles. The monoisotopic (exact) mass is 938 g/mol. The van der Waals surface area contributed by atoms with Gasteiger partial charge in [0.25, 0.3) is 0 Å². The first-order valence-corrected chi connectivity index (χ1v) is 24.1. The van der Waals surface area contributed by atoms with E-state index >= 15 is 0 Å². The fourth-order valence-electron chi connectivity index (χ4n) is 8.13. The maximum Gasteiger partial charge on any atom is 0.220 e. The van der Waals surface area contributed by atoms with Crippen LogP contribution in [0, 0.1) is 0 Å². The van der Waals surface area contributed by atoms with Gasteiger partial charge in [0.05, 0.1) is 38.6 Å². The van der Waals surface area contributed by atoms with Gasteiger partial charge in [-0.05, 0) is 25.7 Å². The summed E-state index contributed by atoms with van der Waals surface area (Å²) >= 11 is 0. The number of allylic oxidation sites excluding steroid dienone is 3. The van der Waals surface area contributed by atoms with Crippen molar-refractivity contribution < 1.29 is 89.4 Å². The summed E-state index contributed by atoms with van der Waals surface area (Å²) in [6.07, 6.45) is -0.597. The Bertz CT molecular complexity index is 1310. The van der Waals surface area contributed by atoms with Crippen molar-refractivity contribution in [1.29, 1.82) is 0 Å². The lowest BCUT2D eigenvalue weighted by Crippen LogP contribution is -2.66. The summed E-state index contributed by atoms with van der Waals surface area (Å²) in [6, 6.07) is -0.980. The van der Waals surface area contributed by atoms with Crippen LogP contribution >= 0.6 is 0 Å². The van der Waals surface area contributed by atoms with Gasteiger partial charge in [0, 0.05) is 6.42 Å². The first-order valence-electron chi connectivity index (χ1n) is 24.1. The van der Waals surface area contributed by atoms with Crippen molar-refractivity contribution in [3.63, 3.8) is 0 Å². The van der Waals surface area contributed by atoms with Crippen LogP contribution < -0.4 is 5.32 Å². The first-order chi connectivity index (χ1) is 31.3. The molecule has 3 aliphatic heterocycles. The molecule has 0 bridgehead atoms. The van der Waals surface area contributed by atoms with Gasteiger partial charge in [-0.3, -0.25) is 4.79 Å². The van der Waals surface area contributed by atoms with Crippen LogP contribution in [0.5, 0.6) is 0 Å². The molecule has 19 heteroatoms. The molecule has 0 radical (unpaired) electrons. The van der Waals surface area contributed by atoms with Crippen LogP contribution in [0.15, 0.2) is 24.3 Å². The Hall–Kier alpha value is -1.73. The smallest absolute Gasteiger partial charge is 0.220 e. The lowest BCUT2D eigenvalue weighted by atomic mass is 9.96. The number of rotatable bonds is 32. The molecular formula is C46H83NO18. The predicted molar refractivity (Wildman–Crippen MR) is 236 cm³/mol. The number of carbonyl (C=O) groups excluding carboxylic acids is 1. The molecule has 0 spiro atoms. The van der Waals surface area contributed by atoms with Crippen molar-refractivity contribution in [2.75, 3.05) is 26.4 Å². The van der Waals surface area contributed by atoms with Crippen LogP contribution in [-0.2, 0) is 33.2 Å². The van der Waals surface area contributed by atoms with E-state index in [1.807, 2.05) is 6.08 Å². The van der Waals surface area contributed by atoms with Crippen molar-refractivity contribution in [3.05, 3.63) is 24.3 Å². The lowest BCUT2D eigenvalue weighted by molar-refractivity contribution is -0.379. The quantitative estimate of drug-likeness (QED) is 0.0322. The Kier molecular flexibility index (Phi) is 28.5. The molecule has 0 aliphatic carbocycles. The highest BCUT2D eigenvalue weighted by atomic mass is 16.8. The topological polar surface area (TPSA) is 307 Å². The zero-order chi connectivity index (χ0) is 47.7. The predicted octanol–water partition coefficient (Wildman–Crippen LogP) is 0.471. The summed E-state index contributed by atoms with van der Waals surface area (Å²) in [4.78, 5) is 13.1. The molecule has 12 N–H and O–H groups in total. The van der Waals surface area contributed by atoms with E-state index in [-0.39, 0.29) is 18.9 Å².